The maximum absolute atomic E-state index is 12.3. The second-order valence-electron chi connectivity index (χ2n) is 6.58. The van der Waals surface area contributed by atoms with Crippen LogP contribution in [0, 0.1) is 6.92 Å². The number of thioether (sulfide) groups is 1. The third-order valence-corrected chi connectivity index (χ3v) is 5.36. The maximum atomic E-state index is 12.3. The highest BCUT2D eigenvalue weighted by atomic mass is 35.5. The molecule has 0 saturated carbocycles. The standard InChI is InChI=1S/C20H18ClN7OS/c1-12-2-7-17-23-15(8-18(29)28(17)9-12)10-30-11-16-25-19(22)27-20(26-16)24-14-5-3-13(21)4-6-14/h2-9H,10-11H2,1H3,(H3,22,24,25,26,27). The monoisotopic (exact) mass is 439 g/mol. The molecule has 0 amide bonds. The number of halogens is 1. The lowest BCUT2D eigenvalue weighted by atomic mass is 10.3. The van der Waals surface area contributed by atoms with Crippen LogP contribution in [0.4, 0.5) is 17.6 Å². The van der Waals surface area contributed by atoms with E-state index in [2.05, 4.69) is 25.3 Å². The van der Waals surface area contributed by atoms with Crippen LogP contribution in [-0.2, 0) is 11.5 Å². The van der Waals surface area contributed by atoms with E-state index in [4.69, 9.17) is 17.3 Å². The first-order valence-electron chi connectivity index (χ1n) is 9.06. The van der Waals surface area contributed by atoms with Crippen molar-refractivity contribution in [1.82, 2.24) is 24.3 Å². The van der Waals surface area contributed by atoms with Crippen molar-refractivity contribution in [3.05, 3.63) is 81.1 Å². The van der Waals surface area contributed by atoms with E-state index in [0.29, 0.717) is 39.6 Å². The van der Waals surface area contributed by atoms with E-state index in [1.807, 2.05) is 31.2 Å². The molecule has 0 unspecified atom stereocenters. The number of nitrogen functional groups attached to an aromatic ring is 1. The molecule has 0 aliphatic heterocycles. The number of aromatic nitrogens is 5. The second kappa shape index (κ2) is 8.68. The van der Waals surface area contributed by atoms with Gasteiger partial charge in [0.25, 0.3) is 5.56 Å². The summed E-state index contributed by atoms with van der Waals surface area (Å²) in [5, 5.41) is 3.73. The van der Waals surface area contributed by atoms with Crippen molar-refractivity contribution in [2.75, 3.05) is 11.1 Å². The lowest BCUT2D eigenvalue weighted by Crippen LogP contribution is -2.15. The first kappa shape index (κ1) is 20.1. The molecule has 10 heteroatoms. The minimum atomic E-state index is -0.0989. The minimum Gasteiger partial charge on any atom is -0.368 e. The van der Waals surface area contributed by atoms with Gasteiger partial charge in [0.1, 0.15) is 11.5 Å². The van der Waals surface area contributed by atoms with Gasteiger partial charge >= 0.3 is 0 Å². The highest BCUT2D eigenvalue weighted by molar-refractivity contribution is 7.97. The molecule has 0 radical (unpaired) electrons. The first-order chi connectivity index (χ1) is 14.5. The van der Waals surface area contributed by atoms with Gasteiger partial charge in [0.15, 0.2) is 0 Å². The molecule has 8 nitrogen and oxygen atoms in total. The van der Waals surface area contributed by atoms with E-state index in [1.54, 1.807) is 40.6 Å². The number of hydrogen-bond acceptors (Lipinski definition) is 8. The average Bonchev–Trinajstić information content (AvgIpc) is 2.70. The number of aryl methyl sites for hydroxylation is 1. The predicted molar refractivity (Wildman–Crippen MR) is 120 cm³/mol. The Morgan fingerprint density at radius 2 is 1.87 bits per heavy atom. The zero-order valence-corrected chi connectivity index (χ0v) is 17.6. The third-order valence-electron chi connectivity index (χ3n) is 4.14. The van der Waals surface area contributed by atoms with Crippen molar-refractivity contribution in [2.45, 2.75) is 18.4 Å². The Morgan fingerprint density at radius 1 is 1.07 bits per heavy atom. The Kier molecular flexibility index (Phi) is 5.82. The average molecular weight is 440 g/mol. The van der Waals surface area contributed by atoms with Crippen molar-refractivity contribution in [1.29, 1.82) is 0 Å². The van der Waals surface area contributed by atoms with Crippen LogP contribution < -0.4 is 16.6 Å². The summed E-state index contributed by atoms with van der Waals surface area (Å²) in [6.45, 7) is 1.94. The van der Waals surface area contributed by atoms with Crippen molar-refractivity contribution in [2.24, 2.45) is 0 Å². The van der Waals surface area contributed by atoms with Crippen LogP contribution in [0.25, 0.3) is 5.65 Å². The molecule has 0 spiro atoms. The van der Waals surface area contributed by atoms with Gasteiger partial charge < -0.3 is 11.1 Å². The van der Waals surface area contributed by atoms with Crippen molar-refractivity contribution >= 4 is 46.6 Å². The van der Waals surface area contributed by atoms with E-state index >= 15 is 0 Å². The number of hydrogen-bond donors (Lipinski definition) is 2. The van der Waals surface area contributed by atoms with Crippen LogP contribution in [0.1, 0.15) is 17.1 Å². The minimum absolute atomic E-state index is 0.0989. The van der Waals surface area contributed by atoms with E-state index in [-0.39, 0.29) is 11.5 Å². The van der Waals surface area contributed by atoms with Gasteiger partial charge in [0.05, 0.1) is 11.4 Å². The topological polar surface area (TPSA) is 111 Å². The van der Waals surface area contributed by atoms with Crippen molar-refractivity contribution in [3.8, 4) is 0 Å². The zero-order valence-electron chi connectivity index (χ0n) is 16.0. The van der Waals surface area contributed by atoms with Crippen LogP contribution in [0.5, 0.6) is 0 Å². The number of nitrogens with one attached hydrogen (secondary N) is 1. The molecule has 0 bridgehead atoms. The molecule has 4 rings (SSSR count). The smallest absolute Gasteiger partial charge is 0.258 e. The highest BCUT2D eigenvalue weighted by Crippen LogP contribution is 2.19. The summed E-state index contributed by atoms with van der Waals surface area (Å²) in [7, 11) is 0. The van der Waals surface area contributed by atoms with Gasteiger partial charge in [-0.25, -0.2) is 4.98 Å². The van der Waals surface area contributed by atoms with Crippen molar-refractivity contribution < 1.29 is 0 Å². The number of anilines is 3. The van der Waals surface area contributed by atoms with Crippen LogP contribution >= 0.6 is 23.4 Å². The zero-order chi connectivity index (χ0) is 21.1. The fraction of sp³-hybridized carbons (Fsp3) is 0.150. The van der Waals surface area contributed by atoms with E-state index in [9.17, 15) is 4.79 Å². The SMILES string of the molecule is Cc1ccc2nc(CSCc3nc(N)nc(Nc4ccc(Cl)cc4)n3)cc(=O)n2c1. The third kappa shape index (κ3) is 4.87. The molecular formula is C20H18ClN7OS. The summed E-state index contributed by atoms with van der Waals surface area (Å²) in [6, 6.07) is 12.5. The first-order valence-corrected chi connectivity index (χ1v) is 10.6. The molecule has 4 aromatic rings. The van der Waals surface area contributed by atoms with Crippen LogP contribution in [-0.4, -0.2) is 24.3 Å². The van der Waals surface area contributed by atoms with Gasteiger partial charge in [-0.3, -0.25) is 9.20 Å². The molecule has 3 N–H and O–H groups in total. The number of nitrogens with zero attached hydrogens (tertiary/aromatic N) is 5. The maximum Gasteiger partial charge on any atom is 0.258 e. The molecule has 0 atom stereocenters. The Hall–Kier alpha value is -3.17. The van der Waals surface area contributed by atoms with E-state index < -0.39 is 0 Å². The molecule has 0 aliphatic rings. The van der Waals surface area contributed by atoms with Gasteiger partial charge in [0.2, 0.25) is 11.9 Å². The Bertz CT molecular complexity index is 1260. The lowest BCUT2D eigenvalue weighted by molar-refractivity contribution is 0.978. The summed E-state index contributed by atoms with van der Waals surface area (Å²) in [5.74, 6) is 2.08. The normalized spacial score (nSPS) is 11.0. The Balaban J connectivity index is 1.44. The fourth-order valence-corrected chi connectivity index (χ4v) is 3.70. The summed E-state index contributed by atoms with van der Waals surface area (Å²) in [4.78, 5) is 29.6. The molecule has 3 heterocycles. The molecule has 0 fully saturated rings. The number of pyridine rings is 1. The van der Waals surface area contributed by atoms with Gasteiger partial charge in [-0.1, -0.05) is 17.7 Å². The van der Waals surface area contributed by atoms with Crippen LogP contribution in [0.2, 0.25) is 5.02 Å². The molecule has 152 valence electrons. The molecule has 30 heavy (non-hydrogen) atoms. The summed E-state index contributed by atoms with van der Waals surface area (Å²) in [5.41, 5.74) is 8.85. The summed E-state index contributed by atoms with van der Waals surface area (Å²) in [6.07, 6.45) is 1.78. The molecule has 1 aromatic carbocycles. The Morgan fingerprint density at radius 3 is 2.67 bits per heavy atom. The summed E-state index contributed by atoms with van der Waals surface area (Å²) < 4.78 is 1.55. The van der Waals surface area contributed by atoms with E-state index in [0.717, 1.165) is 11.3 Å². The quantitative estimate of drug-likeness (QED) is 0.468. The van der Waals surface area contributed by atoms with Crippen LogP contribution in [0.3, 0.4) is 0 Å². The van der Waals surface area contributed by atoms with Gasteiger partial charge in [-0.15, -0.1) is 11.8 Å². The van der Waals surface area contributed by atoms with Gasteiger partial charge in [0, 0.05) is 28.7 Å². The molecule has 3 aromatic heterocycles. The molecule has 0 aliphatic carbocycles. The number of benzene rings is 1. The number of nitrogens with two attached hydrogens (primary N) is 1. The number of fused-ring (bicyclic) bond motifs is 1. The lowest BCUT2D eigenvalue weighted by Gasteiger charge is -2.08. The van der Waals surface area contributed by atoms with Crippen molar-refractivity contribution in [3.63, 3.8) is 0 Å². The second-order valence-corrected chi connectivity index (χ2v) is 8.00. The summed E-state index contributed by atoms with van der Waals surface area (Å²) >= 11 is 7.45. The fourth-order valence-electron chi connectivity index (χ4n) is 2.80. The van der Waals surface area contributed by atoms with Gasteiger partial charge in [-0.2, -0.15) is 15.0 Å². The molecular weight excluding hydrogens is 422 g/mol. The van der Waals surface area contributed by atoms with Crippen LogP contribution in [0.15, 0.2) is 53.5 Å². The van der Waals surface area contributed by atoms with Gasteiger partial charge in [-0.05, 0) is 42.8 Å². The molecule has 0 saturated heterocycles. The largest absolute Gasteiger partial charge is 0.368 e. The highest BCUT2D eigenvalue weighted by Gasteiger charge is 2.08. The predicted octanol–water partition coefficient (Wildman–Crippen LogP) is 3.60. The van der Waals surface area contributed by atoms with E-state index in [1.165, 1.54) is 0 Å². The number of rotatable bonds is 6. The Labute approximate surface area is 181 Å².